The van der Waals surface area contributed by atoms with Crippen LogP contribution in [0.5, 0.6) is 0 Å². The van der Waals surface area contributed by atoms with Crippen molar-refractivity contribution in [3.8, 4) is 0 Å². The van der Waals surface area contributed by atoms with Crippen molar-refractivity contribution in [2.45, 2.75) is 65.3 Å². The Morgan fingerprint density at radius 1 is 1.22 bits per heavy atom. The van der Waals surface area contributed by atoms with Crippen LogP contribution >= 0.6 is 0 Å². The average molecular weight is 503 g/mol. The number of fused-ring (bicyclic) bond motifs is 1. The van der Waals surface area contributed by atoms with Gasteiger partial charge in [-0.3, -0.25) is 14.5 Å². The van der Waals surface area contributed by atoms with Gasteiger partial charge in [-0.15, -0.1) is 0 Å². The molecule has 0 unspecified atom stereocenters. The third-order valence-corrected chi connectivity index (χ3v) is 7.68. The van der Waals surface area contributed by atoms with Gasteiger partial charge in [0.05, 0.1) is 5.56 Å². The van der Waals surface area contributed by atoms with E-state index in [1.165, 1.54) is 11.9 Å². The number of nitrogens with zero attached hydrogens (tertiary/aromatic N) is 2. The highest BCUT2D eigenvalue weighted by atomic mass is 19.4. The van der Waals surface area contributed by atoms with E-state index in [4.69, 9.17) is 0 Å². The third kappa shape index (κ3) is 4.81. The highest BCUT2D eigenvalue weighted by Crippen LogP contribution is 2.40. The second-order valence-electron chi connectivity index (χ2n) is 10.0. The number of carbonyl (C=O) groups is 1. The predicted molar refractivity (Wildman–Crippen MR) is 134 cm³/mol. The highest BCUT2D eigenvalue weighted by Gasteiger charge is 2.46. The Morgan fingerprint density at radius 3 is 2.58 bits per heavy atom. The summed E-state index contributed by atoms with van der Waals surface area (Å²) in [6.45, 7) is 7.87. The lowest BCUT2D eigenvalue weighted by molar-refractivity contribution is -0.192. The van der Waals surface area contributed by atoms with Gasteiger partial charge < -0.3 is 14.9 Å². The minimum absolute atomic E-state index is 0.0180. The highest BCUT2D eigenvalue weighted by molar-refractivity contribution is 6.08. The molecule has 0 saturated carbocycles. The predicted octanol–water partition coefficient (Wildman–Crippen LogP) is 5.02. The molecule has 3 heterocycles. The van der Waals surface area contributed by atoms with E-state index >= 15 is 0 Å². The normalized spacial score (nSPS) is 20.0. The fourth-order valence-electron chi connectivity index (χ4n) is 5.70. The van der Waals surface area contributed by atoms with Crippen LogP contribution in [-0.2, 0) is 6.54 Å². The lowest BCUT2D eigenvalue weighted by Gasteiger charge is -2.40. The number of pyridine rings is 1. The van der Waals surface area contributed by atoms with Crippen molar-refractivity contribution in [1.29, 1.82) is 0 Å². The Balaban J connectivity index is 1.66. The summed E-state index contributed by atoms with van der Waals surface area (Å²) in [5.41, 5.74) is 3.82. The average Bonchev–Trinajstić information content (AvgIpc) is 3.09. The van der Waals surface area contributed by atoms with Crippen molar-refractivity contribution in [3.05, 3.63) is 68.8 Å². The first-order valence-corrected chi connectivity index (χ1v) is 12.2. The van der Waals surface area contributed by atoms with Crippen LogP contribution in [0, 0.1) is 26.7 Å². The Hall–Kier alpha value is -3.07. The molecule has 194 valence electrons. The van der Waals surface area contributed by atoms with E-state index in [-0.39, 0.29) is 36.4 Å². The van der Waals surface area contributed by atoms with Crippen LogP contribution in [0.1, 0.15) is 58.7 Å². The van der Waals surface area contributed by atoms with Gasteiger partial charge in [0.1, 0.15) is 6.04 Å². The molecular formula is C27H33F3N4O2. The van der Waals surface area contributed by atoms with Crippen molar-refractivity contribution >= 4 is 16.8 Å². The number of carbonyl (C=O) groups excluding carboxylic acids is 1. The number of hydrogen-bond donors (Lipinski definition) is 2. The number of benzene rings is 1. The largest absolute Gasteiger partial charge is 0.404 e. The van der Waals surface area contributed by atoms with Gasteiger partial charge in [-0.1, -0.05) is 18.2 Å². The number of rotatable bonds is 5. The smallest absolute Gasteiger partial charge is 0.348 e. The zero-order valence-electron chi connectivity index (χ0n) is 21.3. The van der Waals surface area contributed by atoms with Crippen LogP contribution in [0.4, 0.5) is 13.2 Å². The number of halogens is 3. The van der Waals surface area contributed by atoms with Gasteiger partial charge in [0.2, 0.25) is 0 Å². The van der Waals surface area contributed by atoms with Crippen molar-refractivity contribution in [3.63, 3.8) is 0 Å². The number of hydrogen-bond acceptors (Lipinski definition) is 3. The molecule has 9 heteroatoms. The lowest BCUT2D eigenvalue weighted by Crippen LogP contribution is -2.49. The Morgan fingerprint density at radius 2 is 1.92 bits per heavy atom. The number of amides is 1. The molecule has 1 saturated heterocycles. The Bertz CT molecular complexity index is 1340. The van der Waals surface area contributed by atoms with E-state index in [1.54, 1.807) is 6.92 Å². The number of aromatic nitrogens is 2. The first kappa shape index (κ1) is 26.0. The molecule has 1 fully saturated rings. The van der Waals surface area contributed by atoms with E-state index < -0.39 is 12.2 Å². The summed E-state index contributed by atoms with van der Waals surface area (Å²) in [6, 6.07) is 7.64. The fourth-order valence-corrected chi connectivity index (χ4v) is 5.70. The molecule has 6 nitrogen and oxygen atoms in total. The van der Waals surface area contributed by atoms with Crippen LogP contribution in [0.15, 0.2) is 35.1 Å². The number of aromatic amines is 1. The standard InChI is InChI=1S/C27H33F3N4O2/c1-15-12-16(2)32-25(35)21(15)14-31-26(36)24-18(4)34(22-9-7-6-8-20(22)24)17(3)19-10-11-33(5)23(13-19)27(28,29)30/h6-9,12,17,19,23H,10-11,13-14H2,1-5H3,(H,31,36)(H,32,35)/t17-,19-,23+/m1/s1. The summed E-state index contributed by atoms with van der Waals surface area (Å²) in [7, 11) is 1.53. The van der Waals surface area contributed by atoms with Crippen LogP contribution in [0.25, 0.3) is 10.9 Å². The van der Waals surface area contributed by atoms with E-state index in [1.807, 2.05) is 55.7 Å². The summed E-state index contributed by atoms with van der Waals surface area (Å²) in [6.07, 6.45) is -3.62. The second-order valence-corrected chi connectivity index (χ2v) is 10.0. The maximum atomic E-state index is 13.7. The molecule has 1 amide bonds. The SMILES string of the molecule is Cc1cc(C)c(CNC(=O)c2c(C)n([C@H](C)[C@@H]3CCN(C)[C@H](C(F)(F)F)C3)c3ccccc23)c(=O)[nH]1. The Kier molecular flexibility index (Phi) is 7.05. The molecule has 4 rings (SSSR count). The molecule has 3 aromatic rings. The lowest BCUT2D eigenvalue weighted by atomic mass is 9.85. The second kappa shape index (κ2) is 9.76. The van der Waals surface area contributed by atoms with Crippen molar-refractivity contribution in [1.82, 2.24) is 19.8 Å². The first-order chi connectivity index (χ1) is 16.9. The number of H-pyrrole nitrogens is 1. The maximum Gasteiger partial charge on any atom is 0.404 e. The van der Waals surface area contributed by atoms with Gasteiger partial charge in [0.15, 0.2) is 0 Å². The van der Waals surface area contributed by atoms with Gasteiger partial charge in [-0.2, -0.15) is 13.2 Å². The van der Waals surface area contributed by atoms with Gasteiger partial charge in [0.25, 0.3) is 11.5 Å². The van der Waals surface area contributed by atoms with E-state index in [2.05, 4.69) is 10.3 Å². The van der Waals surface area contributed by atoms with Gasteiger partial charge in [0, 0.05) is 40.4 Å². The minimum Gasteiger partial charge on any atom is -0.348 e. The summed E-state index contributed by atoms with van der Waals surface area (Å²) in [5, 5.41) is 3.63. The fraction of sp³-hybridized carbons (Fsp3) is 0.481. The van der Waals surface area contributed by atoms with Crippen molar-refractivity contribution < 1.29 is 18.0 Å². The van der Waals surface area contributed by atoms with Crippen LogP contribution in [0.2, 0.25) is 0 Å². The number of aryl methyl sites for hydroxylation is 2. The molecular weight excluding hydrogens is 469 g/mol. The van der Waals surface area contributed by atoms with Crippen molar-refractivity contribution in [2.75, 3.05) is 13.6 Å². The summed E-state index contributed by atoms with van der Waals surface area (Å²) >= 11 is 0. The molecule has 1 aliphatic heterocycles. The van der Waals surface area contributed by atoms with Crippen LogP contribution < -0.4 is 10.9 Å². The van der Waals surface area contributed by atoms with E-state index in [0.29, 0.717) is 29.8 Å². The van der Waals surface area contributed by atoms with Crippen LogP contribution in [-0.4, -0.2) is 46.2 Å². The zero-order valence-corrected chi connectivity index (χ0v) is 21.3. The molecule has 3 atom stereocenters. The maximum absolute atomic E-state index is 13.7. The molecule has 1 aromatic carbocycles. The third-order valence-electron chi connectivity index (χ3n) is 7.68. The number of para-hydroxylation sites is 1. The van der Waals surface area contributed by atoms with E-state index in [9.17, 15) is 22.8 Å². The summed E-state index contributed by atoms with van der Waals surface area (Å²) in [5.74, 6) is -0.502. The monoisotopic (exact) mass is 502 g/mol. The molecule has 2 N–H and O–H groups in total. The molecule has 1 aliphatic rings. The molecule has 0 radical (unpaired) electrons. The quantitative estimate of drug-likeness (QED) is 0.515. The van der Waals surface area contributed by atoms with Crippen LogP contribution in [0.3, 0.4) is 0 Å². The molecule has 0 spiro atoms. The summed E-state index contributed by atoms with van der Waals surface area (Å²) < 4.78 is 43.0. The Labute approximate surface area is 208 Å². The molecule has 36 heavy (non-hydrogen) atoms. The first-order valence-electron chi connectivity index (χ1n) is 12.2. The van der Waals surface area contributed by atoms with Crippen molar-refractivity contribution in [2.24, 2.45) is 5.92 Å². The zero-order chi connectivity index (χ0) is 26.4. The summed E-state index contributed by atoms with van der Waals surface area (Å²) in [4.78, 5) is 29.9. The van der Waals surface area contributed by atoms with E-state index in [0.717, 1.165) is 22.2 Å². The number of piperidine rings is 1. The molecule has 0 bridgehead atoms. The molecule has 2 aromatic heterocycles. The topological polar surface area (TPSA) is 70.1 Å². The van der Waals surface area contributed by atoms with Gasteiger partial charge >= 0.3 is 6.18 Å². The number of alkyl halides is 3. The number of likely N-dealkylation sites (tertiary alicyclic amines) is 1. The van der Waals surface area contributed by atoms with Gasteiger partial charge in [-0.25, -0.2) is 0 Å². The number of nitrogens with one attached hydrogen (secondary N) is 2. The molecule has 0 aliphatic carbocycles. The van der Waals surface area contributed by atoms with Gasteiger partial charge in [-0.05, 0) is 77.7 Å². The minimum atomic E-state index is -4.28.